The molecular weight excluding hydrogens is 552 g/mol. The number of nitrogens with zero attached hydrogens (tertiary/aromatic N) is 3. The van der Waals surface area contributed by atoms with Gasteiger partial charge in [0.15, 0.2) is 0 Å². The Morgan fingerprint density at radius 2 is 1.64 bits per heavy atom. The van der Waals surface area contributed by atoms with Crippen LogP contribution in [0.4, 0.5) is 13.6 Å². The van der Waals surface area contributed by atoms with E-state index in [0.717, 1.165) is 18.2 Å². The Labute approximate surface area is 231 Å². The minimum Gasteiger partial charge on any atom is -0.441 e. The van der Waals surface area contributed by atoms with Crippen LogP contribution in [0.3, 0.4) is 0 Å². The van der Waals surface area contributed by atoms with E-state index in [2.05, 4.69) is 0 Å². The van der Waals surface area contributed by atoms with Crippen LogP contribution >= 0.6 is 11.6 Å². The summed E-state index contributed by atoms with van der Waals surface area (Å²) in [6.07, 6.45) is 1.86. The lowest BCUT2D eigenvalue weighted by Gasteiger charge is -2.45. The van der Waals surface area contributed by atoms with Crippen LogP contribution in [0, 0.1) is 11.6 Å². The fraction of sp³-hybridized carbons (Fsp3) is 0.481. The van der Waals surface area contributed by atoms with Gasteiger partial charge in [-0.05, 0) is 68.0 Å². The molecule has 210 valence electrons. The van der Waals surface area contributed by atoms with E-state index >= 15 is 0 Å². The second-order valence-corrected chi connectivity index (χ2v) is 12.6. The summed E-state index contributed by atoms with van der Waals surface area (Å²) in [6.45, 7) is 2.91. The fourth-order valence-electron chi connectivity index (χ4n) is 5.70. The molecule has 2 amide bonds. The number of hydrogen-bond donors (Lipinski definition) is 0. The first-order valence-electron chi connectivity index (χ1n) is 13.0. The number of ether oxygens (including phenoxy) is 1. The molecule has 5 rings (SSSR count). The van der Waals surface area contributed by atoms with Crippen molar-refractivity contribution in [2.45, 2.75) is 61.6 Å². The number of carbonyl (C=O) groups is 2. The van der Waals surface area contributed by atoms with Crippen LogP contribution in [0.5, 0.6) is 0 Å². The zero-order chi connectivity index (χ0) is 27.9. The highest BCUT2D eigenvalue weighted by Gasteiger charge is 2.60. The molecule has 1 aliphatic carbocycles. The first-order chi connectivity index (χ1) is 18.5. The zero-order valence-electron chi connectivity index (χ0n) is 21.5. The summed E-state index contributed by atoms with van der Waals surface area (Å²) in [5.41, 5.74) is -0.579. The van der Waals surface area contributed by atoms with Gasteiger partial charge in [-0.25, -0.2) is 22.0 Å². The van der Waals surface area contributed by atoms with Crippen LogP contribution in [-0.4, -0.2) is 72.3 Å². The Kier molecular flexibility index (Phi) is 7.60. The Bertz CT molecular complexity index is 1380. The number of sulfonamides is 1. The molecule has 2 saturated heterocycles. The van der Waals surface area contributed by atoms with Crippen LogP contribution in [0.2, 0.25) is 5.02 Å². The summed E-state index contributed by atoms with van der Waals surface area (Å²) in [4.78, 5) is 27.8. The average molecular weight is 582 g/mol. The molecule has 2 heterocycles. The number of rotatable bonds is 5. The van der Waals surface area contributed by atoms with Crippen molar-refractivity contribution in [3.8, 4) is 0 Å². The lowest BCUT2D eigenvalue weighted by molar-refractivity contribution is -0.130. The van der Waals surface area contributed by atoms with Gasteiger partial charge in [0.2, 0.25) is 15.9 Å². The van der Waals surface area contributed by atoms with Crippen LogP contribution in [0.15, 0.2) is 47.4 Å². The van der Waals surface area contributed by atoms with Gasteiger partial charge in [-0.1, -0.05) is 23.7 Å². The van der Waals surface area contributed by atoms with Crippen molar-refractivity contribution in [1.29, 1.82) is 0 Å². The minimum atomic E-state index is -4.33. The molecule has 2 aromatic rings. The first-order valence-corrected chi connectivity index (χ1v) is 14.8. The van der Waals surface area contributed by atoms with E-state index in [1.807, 2.05) is 0 Å². The predicted octanol–water partition coefficient (Wildman–Crippen LogP) is 4.74. The molecule has 1 saturated carbocycles. The molecule has 8 nitrogen and oxygen atoms in total. The highest BCUT2D eigenvalue weighted by molar-refractivity contribution is 7.89. The average Bonchev–Trinajstić information content (AvgIpc) is 3.68. The molecule has 0 unspecified atom stereocenters. The maximum absolute atomic E-state index is 14.2. The van der Waals surface area contributed by atoms with E-state index in [-0.39, 0.29) is 15.8 Å². The molecule has 2 atom stereocenters. The van der Waals surface area contributed by atoms with Gasteiger partial charge in [0.05, 0.1) is 17.1 Å². The normalized spacial score (nSPS) is 23.4. The van der Waals surface area contributed by atoms with Gasteiger partial charge in [-0.3, -0.25) is 4.79 Å². The molecule has 12 heteroatoms. The second kappa shape index (κ2) is 10.7. The summed E-state index contributed by atoms with van der Waals surface area (Å²) >= 11 is 6.22. The van der Waals surface area contributed by atoms with Crippen LogP contribution in [-0.2, 0) is 19.6 Å². The number of hydrogen-bond acceptors (Lipinski definition) is 5. The maximum atomic E-state index is 14.2. The predicted molar refractivity (Wildman–Crippen MR) is 139 cm³/mol. The van der Waals surface area contributed by atoms with Crippen molar-refractivity contribution >= 4 is 33.6 Å². The first kappa shape index (κ1) is 27.8. The summed E-state index contributed by atoms with van der Waals surface area (Å²) in [5.74, 6) is -1.23. The SMILES string of the molecule is CC(=O)N1CCN(C(=O)OC2([C@H]3CCC[C@@H](c4cccc(F)c4)N3S(=O)(=O)c3ccc(F)cc3Cl)CC2)CC1. The van der Waals surface area contributed by atoms with Crippen LogP contribution < -0.4 is 0 Å². The number of amides is 2. The number of piperazine rings is 1. The van der Waals surface area contributed by atoms with E-state index in [4.69, 9.17) is 16.3 Å². The number of piperidine rings is 1. The summed E-state index contributed by atoms with van der Waals surface area (Å²) in [7, 11) is -4.33. The molecule has 2 aliphatic heterocycles. The van der Waals surface area contributed by atoms with Crippen molar-refractivity contribution < 1.29 is 31.5 Å². The van der Waals surface area contributed by atoms with Crippen molar-refractivity contribution in [2.75, 3.05) is 26.2 Å². The highest BCUT2D eigenvalue weighted by Crippen LogP contribution is 2.53. The molecule has 3 fully saturated rings. The molecule has 0 bridgehead atoms. The molecule has 0 N–H and O–H groups in total. The largest absolute Gasteiger partial charge is 0.441 e. The Hall–Kier alpha value is -2.76. The van der Waals surface area contributed by atoms with Gasteiger partial charge in [0, 0.05) is 33.1 Å². The summed E-state index contributed by atoms with van der Waals surface area (Å²) < 4.78 is 63.8. The number of halogens is 3. The van der Waals surface area contributed by atoms with Gasteiger partial charge in [0.1, 0.15) is 22.1 Å². The second-order valence-electron chi connectivity index (χ2n) is 10.4. The summed E-state index contributed by atoms with van der Waals surface area (Å²) in [5, 5.41) is -0.262. The van der Waals surface area contributed by atoms with Crippen molar-refractivity contribution in [2.24, 2.45) is 0 Å². The zero-order valence-corrected chi connectivity index (χ0v) is 23.1. The van der Waals surface area contributed by atoms with Crippen molar-refractivity contribution in [3.63, 3.8) is 0 Å². The quantitative estimate of drug-likeness (QED) is 0.509. The van der Waals surface area contributed by atoms with Gasteiger partial charge in [-0.2, -0.15) is 4.31 Å². The minimum absolute atomic E-state index is 0.0624. The Morgan fingerprint density at radius 1 is 0.974 bits per heavy atom. The lowest BCUT2D eigenvalue weighted by atomic mass is 9.90. The Morgan fingerprint density at radius 3 is 2.26 bits per heavy atom. The van der Waals surface area contributed by atoms with Gasteiger partial charge in [0.25, 0.3) is 0 Å². The molecule has 39 heavy (non-hydrogen) atoms. The fourth-order valence-corrected chi connectivity index (χ4v) is 8.13. The monoisotopic (exact) mass is 581 g/mol. The van der Waals surface area contributed by atoms with E-state index in [1.165, 1.54) is 34.3 Å². The molecule has 0 radical (unpaired) electrons. The van der Waals surface area contributed by atoms with E-state index < -0.39 is 45.4 Å². The van der Waals surface area contributed by atoms with Gasteiger partial charge in [-0.15, -0.1) is 0 Å². The number of carbonyl (C=O) groups excluding carboxylic acids is 2. The standard InChI is InChI=1S/C27H30ClF2N3O5S/c1-18(34)31-12-14-32(15-13-31)26(35)38-27(10-11-27)25-7-3-6-23(19-4-2-5-20(29)16-19)33(25)39(36,37)24-9-8-21(30)17-22(24)28/h2,4-5,8-9,16-17,23,25H,3,6-7,10-15H2,1H3/t23-,25+/m0/s1. The van der Waals surface area contributed by atoms with Crippen LogP contribution in [0.1, 0.15) is 50.6 Å². The smallest absolute Gasteiger partial charge is 0.410 e. The van der Waals surface area contributed by atoms with E-state index in [0.29, 0.717) is 63.8 Å². The van der Waals surface area contributed by atoms with Crippen LogP contribution in [0.25, 0.3) is 0 Å². The van der Waals surface area contributed by atoms with E-state index in [1.54, 1.807) is 11.0 Å². The highest BCUT2D eigenvalue weighted by atomic mass is 35.5. The lowest BCUT2D eigenvalue weighted by Crippen LogP contribution is -2.55. The topological polar surface area (TPSA) is 87.2 Å². The third kappa shape index (κ3) is 5.49. The number of benzene rings is 2. The molecule has 0 aromatic heterocycles. The molecular formula is C27H30ClF2N3O5S. The third-order valence-corrected chi connectivity index (χ3v) is 10.3. The maximum Gasteiger partial charge on any atom is 0.410 e. The molecule has 3 aliphatic rings. The third-order valence-electron chi connectivity index (χ3n) is 7.88. The molecule has 0 spiro atoms. The van der Waals surface area contributed by atoms with Gasteiger partial charge >= 0.3 is 6.09 Å². The summed E-state index contributed by atoms with van der Waals surface area (Å²) in [6, 6.07) is 7.43. The Balaban J connectivity index is 1.48. The van der Waals surface area contributed by atoms with Gasteiger partial charge < -0.3 is 14.5 Å². The van der Waals surface area contributed by atoms with Crippen molar-refractivity contribution in [3.05, 3.63) is 64.7 Å². The molecule has 2 aromatic carbocycles. The van der Waals surface area contributed by atoms with E-state index in [9.17, 15) is 26.8 Å². The van der Waals surface area contributed by atoms with Crippen molar-refractivity contribution in [1.82, 2.24) is 14.1 Å².